The van der Waals surface area contributed by atoms with Gasteiger partial charge in [0.1, 0.15) is 6.04 Å². The highest BCUT2D eigenvalue weighted by atomic mass is 16.4. The molecule has 4 aliphatic carbocycles. The molecule has 4 aliphatic rings. The molecule has 4 bridgehead atoms. The van der Waals surface area contributed by atoms with Crippen molar-refractivity contribution in [2.75, 3.05) is 0 Å². The Balaban J connectivity index is 0.000000275. The van der Waals surface area contributed by atoms with Gasteiger partial charge in [-0.05, 0) is 74.8 Å². The molecule has 4 fully saturated rings. The molecule has 0 saturated heterocycles. The smallest absolute Gasteiger partial charge is 0.326 e. The third-order valence-electron chi connectivity index (χ3n) is 7.50. The fourth-order valence-corrected chi connectivity index (χ4v) is 6.51. The Morgan fingerprint density at radius 1 is 0.938 bits per heavy atom. The van der Waals surface area contributed by atoms with Gasteiger partial charge in [0.05, 0.1) is 0 Å². The van der Waals surface area contributed by atoms with Gasteiger partial charge in [-0.25, -0.2) is 4.79 Å². The van der Waals surface area contributed by atoms with Crippen molar-refractivity contribution in [2.24, 2.45) is 23.2 Å². The van der Waals surface area contributed by atoms with Gasteiger partial charge in [-0.1, -0.05) is 44.4 Å². The Morgan fingerprint density at radius 3 is 1.97 bits per heavy atom. The van der Waals surface area contributed by atoms with Gasteiger partial charge in [-0.2, -0.15) is 0 Å². The average Bonchev–Trinajstić information content (AvgIpc) is 2.74. The topological polar surface area (TPSA) is 104 Å². The van der Waals surface area contributed by atoms with Crippen LogP contribution in [0.5, 0.6) is 0 Å². The number of unbranched alkanes of at least 4 members (excludes halogenated alkanes) is 3. The van der Waals surface area contributed by atoms with Crippen molar-refractivity contribution in [1.82, 2.24) is 5.32 Å². The summed E-state index contributed by atoms with van der Waals surface area (Å²) < 4.78 is 0. The van der Waals surface area contributed by atoms with Gasteiger partial charge >= 0.3 is 11.9 Å². The molecule has 0 aromatic heterocycles. The van der Waals surface area contributed by atoms with Gasteiger partial charge in [0.25, 0.3) is 5.91 Å². The molecular weight excluding hydrogens is 406 g/mol. The number of aliphatic carboxylic acids is 2. The van der Waals surface area contributed by atoms with E-state index in [9.17, 15) is 19.5 Å². The number of amides is 1. The van der Waals surface area contributed by atoms with Gasteiger partial charge < -0.3 is 15.5 Å². The summed E-state index contributed by atoms with van der Waals surface area (Å²) in [6.07, 6.45) is 11.2. The summed E-state index contributed by atoms with van der Waals surface area (Å²) in [6.45, 7) is 2.11. The molecule has 0 heterocycles. The van der Waals surface area contributed by atoms with E-state index in [1.54, 1.807) is 24.3 Å². The van der Waals surface area contributed by atoms with Gasteiger partial charge in [-0.3, -0.25) is 9.59 Å². The van der Waals surface area contributed by atoms with E-state index in [2.05, 4.69) is 12.2 Å². The first-order chi connectivity index (χ1) is 15.3. The molecule has 3 N–H and O–H groups in total. The number of carboxylic acids is 2. The fraction of sp³-hybridized carbons (Fsp3) is 0.654. The van der Waals surface area contributed by atoms with E-state index < -0.39 is 18.0 Å². The Bertz CT molecular complexity index is 755. The molecule has 176 valence electrons. The van der Waals surface area contributed by atoms with E-state index in [-0.39, 0.29) is 11.3 Å². The summed E-state index contributed by atoms with van der Waals surface area (Å²) >= 11 is 0. The highest BCUT2D eigenvalue weighted by molar-refractivity contribution is 5.96. The number of hydrogen-bond acceptors (Lipinski definition) is 3. The molecule has 1 aromatic rings. The third kappa shape index (κ3) is 6.11. The minimum atomic E-state index is -0.878. The third-order valence-corrected chi connectivity index (χ3v) is 7.50. The minimum Gasteiger partial charge on any atom is -0.481 e. The van der Waals surface area contributed by atoms with Gasteiger partial charge in [0.2, 0.25) is 0 Å². The molecule has 6 heteroatoms. The van der Waals surface area contributed by atoms with Crippen molar-refractivity contribution in [1.29, 1.82) is 0 Å². The first kappa shape index (κ1) is 24.3. The van der Waals surface area contributed by atoms with Crippen LogP contribution < -0.4 is 5.32 Å². The highest BCUT2D eigenvalue weighted by Gasteiger charge is 2.56. The summed E-state index contributed by atoms with van der Waals surface area (Å²) in [5, 5.41) is 20.9. The van der Waals surface area contributed by atoms with Crippen LogP contribution in [0.4, 0.5) is 0 Å². The molecule has 4 saturated carbocycles. The van der Waals surface area contributed by atoms with Crippen molar-refractivity contribution in [3.63, 3.8) is 0 Å². The van der Waals surface area contributed by atoms with Crippen LogP contribution in [0, 0.1) is 23.2 Å². The van der Waals surface area contributed by atoms with Crippen molar-refractivity contribution in [3.8, 4) is 0 Å². The van der Waals surface area contributed by atoms with Crippen LogP contribution in [0.1, 0.15) is 87.9 Å². The summed E-state index contributed by atoms with van der Waals surface area (Å²) in [5.74, 6) is 0.168. The average molecular weight is 444 g/mol. The molecule has 0 spiro atoms. The van der Waals surface area contributed by atoms with E-state index in [4.69, 9.17) is 5.11 Å². The molecule has 1 atom stereocenters. The lowest BCUT2D eigenvalue weighted by Crippen LogP contribution is -2.59. The van der Waals surface area contributed by atoms with E-state index in [1.165, 1.54) is 25.7 Å². The predicted molar refractivity (Wildman–Crippen MR) is 122 cm³/mol. The number of hydrogen-bond donors (Lipinski definition) is 3. The second-order valence-electron chi connectivity index (χ2n) is 10.1. The summed E-state index contributed by atoms with van der Waals surface area (Å²) in [4.78, 5) is 34.4. The number of nitrogens with one attached hydrogen (secondary N) is 1. The lowest BCUT2D eigenvalue weighted by atomic mass is 9.47. The lowest BCUT2D eigenvalue weighted by Gasteiger charge is -2.58. The highest BCUT2D eigenvalue weighted by Crippen LogP contribution is 2.61. The number of carboxylic acid groups (broad SMARTS) is 2. The Morgan fingerprint density at radius 2 is 1.50 bits per heavy atom. The van der Waals surface area contributed by atoms with Crippen LogP contribution in [0.15, 0.2) is 30.3 Å². The van der Waals surface area contributed by atoms with E-state index in [0.29, 0.717) is 29.7 Å². The maximum Gasteiger partial charge on any atom is 0.326 e. The predicted octanol–water partition coefficient (Wildman–Crippen LogP) is 5.13. The minimum absolute atomic E-state index is 0.231. The van der Waals surface area contributed by atoms with Crippen LogP contribution in [-0.4, -0.2) is 34.1 Å². The normalized spacial score (nSPS) is 28.3. The van der Waals surface area contributed by atoms with Gasteiger partial charge in [0, 0.05) is 17.4 Å². The maximum absolute atomic E-state index is 12.5. The SMILES string of the molecule is CCCCCCC(=O)O.O=C(NC(C(=O)O)C12CC3CC(CC(C3)C1)C2)c1ccccc1. The number of carbonyl (C=O) groups is 3. The molecule has 0 aliphatic heterocycles. The zero-order valence-electron chi connectivity index (χ0n) is 19.1. The molecular formula is C26H37NO5. The molecule has 0 radical (unpaired) electrons. The lowest BCUT2D eigenvalue weighted by molar-refractivity contribution is -0.150. The first-order valence-corrected chi connectivity index (χ1v) is 12.1. The zero-order chi connectivity index (χ0) is 23.1. The quantitative estimate of drug-likeness (QED) is 0.459. The molecule has 6 nitrogen and oxygen atoms in total. The monoisotopic (exact) mass is 443 g/mol. The van der Waals surface area contributed by atoms with Gasteiger partial charge in [-0.15, -0.1) is 0 Å². The van der Waals surface area contributed by atoms with Crippen molar-refractivity contribution >= 4 is 17.8 Å². The van der Waals surface area contributed by atoms with Crippen LogP contribution in [0.25, 0.3) is 0 Å². The van der Waals surface area contributed by atoms with Gasteiger partial charge in [0.15, 0.2) is 0 Å². The number of benzene rings is 1. The van der Waals surface area contributed by atoms with Crippen LogP contribution in [0.3, 0.4) is 0 Å². The summed E-state index contributed by atoms with van der Waals surface area (Å²) in [7, 11) is 0. The molecule has 32 heavy (non-hydrogen) atoms. The standard InChI is InChI=1S/C19H23NO3.C7H14O2/c21-17(15-4-2-1-3-5-15)20-16(18(22)23)19-9-12-6-13(10-19)8-14(7-12)11-19;1-2-3-4-5-6-7(8)9/h1-5,12-14,16H,6-11H2,(H,20,21)(H,22,23);2-6H2,1H3,(H,8,9). The molecule has 1 unspecified atom stereocenters. The summed E-state index contributed by atoms with van der Waals surface area (Å²) in [6, 6.07) is 8.15. The number of rotatable bonds is 9. The Labute approximate surface area is 190 Å². The maximum atomic E-state index is 12.5. The Hall–Kier alpha value is -2.37. The van der Waals surface area contributed by atoms with Crippen molar-refractivity contribution in [3.05, 3.63) is 35.9 Å². The molecule has 5 rings (SSSR count). The second kappa shape index (κ2) is 11.0. The second-order valence-corrected chi connectivity index (χ2v) is 10.1. The van der Waals surface area contributed by atoms with Crippen LogP contribution in [0.2, 0.25) is 0 Å². The first-order valence-electron chi connectivity index (χ1n) is 12.1. The fourth-order valence-electron chi connectivity index (χ4n) is 6.51. The zero-order valence-corrected chi connectivity index (χ0v) is 19.1. The molecule has 1 amide bonds. The van der Waals surface area contributed by atoms with Crippen molar-refractivity contribution in [2.45, 2.75) is 83.6 Å². The number of carbonyl (C=O) groups excluding carboxylic acids is 1. The van der Waals surface area contributed by atoms with Crippen LogP contribution >= 0.6 is 0 Å². The Kier molecular flexibility index (Phi) is 8.32. The van der Waals surface area contributed by atoms with Crippen LogP contribution in [-0.2, 0) is 9.59 Å². The largest absolute Gasteiger partial charge is 0.481 e. The molecule has 1 aromatic carbocycles. The van der Waals surface area contributed by atoms with Crippen molar-refractivity contribution < 1.29 is 24.6 Å². The summed E-state index contributed by atoms with van der Waals surface area (Å²) in [5.41, 5.74) is 0.300. The van der Waals surface area contributed by atoms with E-state index in [0.717, 1.165) is 38.5 Å². The van der Waals surface area contributed by atoms with E-state index >= 15 is 0 Å². The van der Waals surface area contributed by atoms with E-state index in [1.807, 2.05) is 6.07 Å².